The number of methoxy groups -OCH3 is 1. The Hall–Kier alpha value is -2.17. The van der Waals surface area contributed by atoms with Gasteiger partial charge in [0, 0.05) is 25.8 Å². The van der Waals surface area contributed by atoms with E-state index in [0.29, 0.717) is 18.7 Å². The molecule has 2 aromatic rings. The minimum Gasteiger partial charge on any atom is -0.380 e. The van der Waals surface area contributed by atoms with E-state index in [0.717, 1.165) is 12.1 Å². The molecule has 1 aliphatic heterocycles. The summed E-state index contributed by atoms with van der Waals surface area (Å²) in [4.78, 5) is 15.0. The number of carbonyl (C=O) groups excluding carboxylic acids is 1. The maximum Gasteiger partial charge on any atom is 0.251 e. The van der Waals surface area contributed by atoms with Gasteiger partial charge < -0.3 is 10.1 Å². The van der Waals surface area contributed by atoms with Crippen LogP contribution in [0.25, 0.3) is 0 Å². The summed E-state index contributed by atoms with van der Waals surface area (Å²) in [5, 5.41) is 3.06. The Morgan fingerprint density at radius 3 is 2.58 bits per heavy atom. The number of nitrogens with one attached hydrogen (secondary N) is 1. The number of rotatable bonds is 7. The predicted molar refractivity (Wildman–Crippen MR) is 104 cm³/mol. The first-order valence-electron chi connectivity index (χ1n) is 9.41. The number of amides is 1. The van der Waals surface area contributed by atoms with Crippen molar-refractivity contribution in [3.05, 3.63) is 70.8 Å². The van der Waals surface area contributed by atoms with Crippen molar-refractivity contribution >= 4 is 5.91 Å². The molecule has 0 saturated carbocycles. The van der Waals surface area contributed by atoms with Crippen molar-refractivity contribution in [1.82, 2.24) is 10.2 Å². The van der Waals surface area contributed by atoms with Gasteiger partial charge in [-0.1, -0.05) is 42.8 Å². The minimum absolute atomic E-state index is 0.0456. The molecule has 0 aromatic heterocycles. The van der Waals surface area contributed by atoms with E-state index in [2.05, 4.69) is 28.4 Å². The normalized spacial score (nSPS) is 15.0. The van der Waals surface area contributed by atoms with Crippen LogP contribution in [0.15, 0.2) is 48.5 Å². The van der Waals surface area contributed by atoms with Crippen molar-refractivity contribution in [2.45, 2.75) is 39.0 Å². The van der Waals surface area contributed by atoms with E-state index < -0.39 is 0 Å². The molecule has 26 heavy (non-hydrogen) atoms. The van der Waals surface area contributed by atoms with Crippen molar-refractivity contribution in [2.24, 2.45) is 0 Å². The van der Waals surface area contributed by atoms with E-state index in [9.17, 15) is 4.79 Å². The second kappa shape index (κ2) is 9.51. The monoisotopic (exact) mass is 352 g/mol. The Morgan fingerprint density at radius 2 is 1.81 bits per heavy atom. The van der Waals surface area contributed by atoms with Gasteiger partial charge in [-0.05, 0) is 54.8 Å². The molecule has 1 aliphatic rings. The maximum absolute atomic E-state index is 12.5. The van der Waals surface area contributed by atoms with Crippen LogP contribution in [0.5, 0.6) is 0 Å². The zero-order valence-corrected chi connectivity index (χ0v) is 15.5. The number of benzene rings is 2. The largest absolute Gasteiger partial charge is 0.380 e. The zero-order valence-electron chi connectivity index (χ0n) is 15.5. The summed E-state index contributed by atoms with van der Waals surface area (Å²) in [5.41, 5.74) is 4.18. The van der Waals surface area contributed by atoms with Gasteiger partial charge in [-0.25, -0.2) is 0 Å². The summed E-state index contributed by atoms with van der Waals surface area (Å²) < 4.78 is 5.14. The van der Waals surface area contributed by atoms with Gasteiger partial charge in [-0.2, -0.15) is 0 Å². The third-order valence-corrected chi connectivity index (χ3v) is 4.90. The fraction of sp³-hybridized carbons (Fsp3) is 0.409. The van der Waals surface area contributed by atoms with Gasteiger partial charge in [-0.3, -0.25) is 9.69 Å². The van der Waals surface area contributed by atoms with E-state index >= 15 is 0 Å². The average Bonchev–Trinajstić information content (AvgIpc) is 2.68. The summed E-state index contributed by atoms with van der Waals surface area (Å²) in [6.07, 6.45) is 3.92. The average molecular weight is 352 g/mol. The van der Waals surface area contributed by atoms with Crippen LogP contribution in [-0.2, 0) is 24.4 Å². The molecule has 4 nitrogen and oxygen atoms in total. The highest BCUT2D eigenvalue weighted by atomic mass is 16.5. The second-order valence-corrected chi connectivity index (χ2v) is 6.92. The molecule has 1 saturated heterocycles. The molecule has 1 amide bonds. The van der Waals surface area contributed by atoms with Crippen LogP contribution in [0.2, 0.25) is 0 Å². The van der Waals surface area contributed by atoms with Gasteiger partial charge in [0.1, 0.15) is 0 Å². The molecule has 4 heteroatoms. The predicted octanol–water partition coefficient (Wildman–Crippen LogP) is 3.75. The highest BCUT2D eigenvalue weighted by molar-refractivity contribution is 5.94. The lowest BCUT2D eigenvalue weighted by molar-refractivity contribution is 0.0950. The van der Waals surface area contributed by atoms with E-state index in [1.165, 1.54) is 43.5 Å². The molecule has 0 unspecified atom stereocenters. The molecule has 0 aliphatic carbocycles. The molecule has 0 bridgehead atoms. The first-order valence-corrected chi connectivity index (χ1v) is 9.41. The van der Waals surface area contributed by atoms with Crippen molar-refractivity contribution in [3.63, 3.8) is 0 Å². The van der Waals surface area contributed by atoms with Crippen LogP contribution in [0.4, 0.5) is 0 Å². The van der Waals surface area contributed by atoms with Crippen LogP contribution in [0.3, 0.4) is 0 Å². The van der Waals surface area contributed by atoms with Gasteiger partial charge in [0.2, 0.25) is 0 Å². The van der Waals surface area contributed by atoms with Gasteiger partial charge in [0.15, 0.2) is 0 Å². The number of nitrogens with zero attached hydrogens (tertiary/aromatic N) is 1. The van der Waals surface area contributed by atoms with Crippen LogP contribution in [-0.4, -0.2) is 31.0 Å². The number of hydrogen-bond acceptors (Lipinski definition) is 3. The van der Waals surface area contributed by atoms with Crippen LogP contribution in [0.1, 0.15) is 46.3 Å². The fourth-order valence-corrected chi connectivity index (χ4v) is 3.49. The van der Waals surface area contributed by atoms with Gasteiger partial charge in [-0.15, -0.1) is 0 Å². The van der Waals surface area contributed by atoms with Crippen molar-refractivity contribution in [1.29, 1.82) is 0 Å². The Kier molecular flexibility index (Phi) is 6.81. The highest BCUT2D eigenvalue weighted by Crippen LogP contribution is 2.16. The highest BCUT2D eigenvalue weighted by Gasteiger charge is 2.13. The third-order valence-electron chi connectivity index (χ3n) is 4.90. The van der Waals surface area contributed by atoms with Crippen molar-refractivity contribution < 1.29 is 9.53 Å². The molecule has 0 radical (unpaired) electrons. The summed E-state index contributed by atoms with van der Waals surface area (Å²) in [6, 6.07) is 16.0. The van der Waals surface area contributed by atoms with Crippen LogP contribution in [0, 0.1) is 0 Å². The van der Waals surface area contributed by atoms with Gasteiger partial charge >= 0.3 is 0 Å². The lowest BCUT2D eigenvalue weighted by atomic mass is 10.0. The molecule has 1 N–H and O–H groups in total. The molecule has 3 rings (SSSR count). The smallest absolute Gasteiger partial charge is 0.251 e. The standard InChI is InChI=1S/C22H28N2O2/c1-26-17-18-8-7-11-19(14-18)22(25)23-15-20-9-3-4-10-21(20)16-24-12-5-2-6-13-24/h3-4,7-11,14H,2,5-6,12-13,15-17H2,1H3,(H,23,25). The molecule has 2 aromatic carbocycles. The number of piperidine rings is 1. The SMILES string of the molecule is COCc1cccc(C(=O)NCc2ccccc2CN2CCCCC2)c1. The van der Waals surface area contributed by atoms with Crippen molar-refractivity contribution in [2.75, 3.05) is 20.2 Å². The van der Waals surface area contributed by atoms with E-state index in [4.69, 9.17) is 4.74 Å². The first-order chi connectivity index (χ1) is 12.8. The third kappa shape index (κ3) is 5.16. The Bertz CT molecular complexity index is 724. The Labute approximate surface area is 156 Å². The van der Waals surface area contributed by atoms with E-state index in [-0.39, 0.29) is 5.91 Å². The lowest BCUT2D eigenvalue weighted by Gasteiger charge is -2.27. The van der Waals surface area contributed by atoms with Gasteiger partial charge in [0.25, 0.3) is 5.91 Å². The Balaban J connectivity index is 1.62. The molecular weight excluding hydrogens is 324 g/mol. The molecule has 1 heterocycles. The minimum atomic E-state index is -0.0456. The lowest BCUT2D eigenvalue weighted by Crippen LogP contribution is -2.30. The molecule has 0 atom stereocenters. The van der Waals surface area contributed by atoms with Crippen molar-refractivity contribution in [3.8, 4) is 0 Å². The van der Waals surface area contributed by atoms with E-state index in [1.807, 2.05) is 30.3 Å². The fourth-order valence-electron chi connectivity index (χ4n) is 3.49. The number of ether oxygens (including phenoxy) is 1. The van der Waals surface area contributed by atoms with Crippen LogP contribution < -0.4 is 5.32 Å². The van der Waals surface area contributed by atoms with Crippen LogP contribution >= 0.6 is 0 Å². The molecule has 138 valence electrons. The second-order valence-electron chi connectivity index (χ2n) is 6.92. The molecule has 0 spiro atoms. The van der Waals surface area contributed by atoms with Gasteiger partial charge in [0.05, 0.1) is 6.61 Å². The zero-order chi connectivity index (χ0) is 18.2. The first kappa shape index (κ1) is 18.6. The van der Waals surface area contributed by atoms with E-state index in [1.54, 1.807) is 7.11 Å². The summed E-state index contributed by atoms with van der Waals surface area (Å²) in [5.74, 6) is -0.0456. The molecular formula is C22H28N2O2. The molecule has 1 fully saturated rings. The number of likely N-dealkylation sites (tertiary alicyclic amines) is 1. The Morgan fingerprint density at radius 1 is 1.04 bits per heavy atom. The number of hydrogen-bond donors (Lipinski definition) is 1. The maximum atomic E-state index is 12.5. The summed E-state index contributed by atoms with van der Waals surface area (Å²) in [7, 11) is 1.66. The summed E-state index contributed by atoms with van der Waals surface area (Å²) >= 11 is 0. The topological polar surface area (TPSA) is 41.6 Å². The quantitative estimate of drug-likeness (QED) is 0.825. The number of carbonyl (C=O) groups is 1. The summed E-state index contributed by atoms with van der Waals surface area (Å²) in [6.45, 7) is 4.38.